The van der Waals surface area contributed by atoms with E-state index in [0.717, 1.165) is 11.1 Å². The highest BCUT2D eigenvalue weighted by atomic mass is 32.1. The van der Waals surface area contributed by atoms with E-state index in [1.165, 1.54) is 23.5 Å². The fraction of sp³-hybridized carbons (Fsp3) is 0.143. The van der Waals surface area contributed by atoms with Gasteiger partial charge in [-0.05, 0) is 43.2 Å². The smallest absolute Gasteiger partial charge is 0.212 e. The minimum atomic E-state index is -0.301. The van der Waals surface area contributed by atoms with Gasteiger partial charge >= 0.3 is 0 Å². The summed E-state index contributed by atoms with van der Waals surface area (Å²) in [5.41, 5.74) is 3.21. The van der Waals surface area contributed by atoms with E-state index in [1.54, 1.807) is 23.0 Å². The number of hydrogen-bond donors (Lipinski definition) is 0. The first-order valence-electron chi connectivity index (χ1n) is 8.83. The molecule has 0 aliphatic carbocycles. The zero-order valence-electron chi connectivity index (χ0n) is 15.2. The molecule has 2 aromatic carbocycles. The summed E-state index contributed by atoms with van der Waals surface area (Å²) in [5.74, 6) is -0.227. The van der Waals surface area contributed by atoms with Crippen molar-refractivity contribution < 1.29 is 9.18 Å². The van der Waals surface area contributed by atoms with Crippen molar-refractivity contribution in [2.45, 2.75) is 19.8 Å². The minimum Gasteiger partial charge on any atom is -0.293 e. The Labute approximate surface area is 165 Å². The number of Topliss-reactive ketones (excluding diaryl/α,β-unsaturated/α-hetero) is 1. The molecule has 28 heavy (non-hydrogen) atoms. The number of aryl methyl sites for hydroxylation is 2. The lowest BCUT2D eigenvalue weighted by atomic mass is 10.1. The number of ketones is 1. The van der Waals surface area contributed by atoms with Gasteiger partial charge in [0.2, 0.25) is 5.13 Å². The number of carbonyl (C=O) groups is 1. The Morgan fingerprint density at radius 1 is 1.11 bits per heavy atom. The highest BCUT2D eigenvalue weighted by molar-refractivity contribution is 7.16. The van der Waals surface area contributed by atoms with Crippen molar-refractivity contribution in [3.63, 3.8) is 0 Å². The molecule has 0 saturated carbocycles. The predicted molar refractivity (Wildman–Crippen MR) is 106 cm³/mol. The molecule has 0 atom stereocenters. The SMILES string of the molecule is Cc1nc(-n2cc(-c3ccc(F)cc3)nn2)sc1C(=O)CCc1ccccc1. The molecule has 2 heterocycles. The van der Waals surface area contributed by atoms with Crippen LogP contribution in [0.4, 0.5) is 4.39 Å². The van der Waals surface area contributed by atoms with Gasteiger partial charge in [-0.2, -0.15) is 4.68 Å². The molecule has 0 fully saturated rings. The van der Waals surface area contributed by atoms with E-state index >= 15 is 0 Å². The Morgan fingerprint density at radius 2 is 1.86 bits per heavy atom. The monoisotopic (exact) mass is 392 g/mol. The number of nitrogens with zero attached hydrogens (tertiary/aromatic N) is 4. The summed E-state index contributed by atoms with van der Waals surface area (Å²) in [6, 6.07) is 16.0. The first kappa shape index (κ1) is 18.2. The maximum absolute atomic E-state index is 13.1. The largest absolute Gasteiger partial charge is 0.293 e. The average Bonchev–Trinajstić information content (AvgIpc) is 3.34. The number of benzene rings is 2. The second kappa shape index (κ2) is 7.82. The second-order valence-electron chi connectivity index (χ2n) is 6.37. The fourth-order valence-corrected chi connectivity index (χ4v) is 3.82. The van der Waals surface area contributed by atoms with Crippen LogP contribution in [0.15, 0.2) is 60.8 Å². The number of thiazole rings is 1. The highest BCUT2D eigenvalue weighted by Crippen LogP contribution is 2.25. The summed E-state index contributed by atoms with van der Waals surface area (Å²) in [6.45, 7) is 1.83. The molecule has 0 spiro atoms. The van der Waals surface area contributed by atoms with Gasteiger partial charge < -0.3 is 0 Å². The molecule has 2 aromatic heterocycles. The molecule has 4 aromatic rings. The first-order chi connectivity index (χ1) is 13.6. The van der Waals surface area contributed by atoms with Crippen molar-refractivity contribution in [2.24, 2.45) is 0 Å². The number of aromatic nitrogens is 4. The van der Waals surface area contributed by atoms with Crippen molar-refractivity contribution >= 4 is 17.1 Å². The molecule has 0 aliphatic rings. The van der Waals surface area contributed by atoms with Crippen molar-refractivity contribution in [3.8, 4) is 16.4 Å². The van der Waals surface area contributed by atoms with E-state index in [4.69, 9.17) is 0 Å². The first-order valence-corrected chi connectivity index (χ1v) is 9.65. The van der Waals surface area contributed by atoms with Gasteiger partial charge in [-0.15, -0.1) is 5.10 Å². The van der Waals surface area contributed by atoms with Crippen LogP contribution in [0.3, 0.4) is 0 Å². The molecule has 0 aliphatic heterocycles. The molecular weight excluding hydrogens is 375 g/mol. The van der Waals surface area contributed by atoms with Crippen LogP contribution in [0.25, 0.3) is 16.4 Å². The Kier molecular flexibility index (Phi) is 5.08. The average molecular weight is 392 g/mol. The summed E-state index contributed by atoms with van der Waals surface area (Å²) >= 11 is 1.31. The quantitative estimate of drug-likeness (QED) is 0.448. The Hall–Kier alpha value is -3.19. The normalized spacial score (nSPS) is 10.9. The maximum Gasteiger partial charge on any atom is 0.212 e. The fourth-order valence-electron chi connectivity index (χ4n) is 2.87. The van der Waals surface area contributed by atoms with Crippen LogP contribution in [0.1, 0.15) is 27.3 Å². The summed E-state index contributed by atoms with van der Waals surface area (Å²) in [4.78, 5) is 17.8. The van der Waals surface area contributed by atoms with Gasteiger partial charge in [0.15, 0.2) is 5.78 Å². The summed E-state index contributed by atoms with van der Waals surface area (Å²) in [6.07, 6.45) is 2.86. The Bertz CT molecular complexity index is 1100. The third-order valence-corrected chi connectivity index (χ3v) is 5.54. The van der Waals surface area contributed by atoms with Gasteiger partial charge in [0.25, 0.3) is 0 Å². The van der Waals surface area contributed by atoms with E-state index in [1.807, 2.05) is 37.3 Å². The van der Waals surface area contributed by atoms with Crippen molar-refractivity contribution in [1.82, 2.24) is 20.0 Å². The lowest BCUT2D eigenvalue weighted by Gasteiger charge is -2.00. The lowest BCUT2D eigenvalue weighted by molar-refractivity contribution is 0.0986. The van der Waals surface area contributed by atoms with Gasteiger partial charge in [0, 0.05) is 12.0 Å². The molecule has 5 nitrogen and oxygen atoms in total. The Morgan fingerprint density at radius 3 is 2.61 bits per heavy atom. The van der Waals surface area contributed by atoms with Crippen LogP contribution in [0.2, 0.25) is 0 Å². The molecule has 0 radical (unpaired) electrons. The van der Waals surface area contributed by atoms with Crippen LogP contribution >= 0.6 is 11.3 Å². The standard InChI is InChI=1S/C21H17FN4OS/c1-14-20(19(27)12-7-15-5-3-2-4-6-15)28-21(23-14)26-13-18(24-25-26)16-8-10-17(22)11-9-16/h2-6,8-11,13H,7,12H2,1H3. The molecule has 4 rings (SSSR count). The van der Waals surface area contributed by atoms with Gasteiger partial charge in [0.05, 0.1) is 16.8 Å². The van der Waals surface area contributed by atoms with Gasteiger partial charge in [0.1, 0.15) is 11.5 Å². The summed E-state index contributed by atoms with van der Waals surface area (Å²) < 4.78 is 14.6. The van der Waals surface area contributed by atoms with E-state index in [9.17, 15) is 9.18 Å². The third-order valence-electron chi connectivity index (χ3n) is 4.35. The number of rotatable bonds is 6. The van der Waals surface area contributed by atoms with E-state index in [0.29, 0.717) is 34.2 Å². The molecule has 0 amide bonds. The predicted octanol–water partition coefficient (Wildman–Crippen LogP) is 4.65. The highest BCUT2D eigenvalue weighted by Gasteiger charge is 2.17. The summed E-state index contributed by atoms with van der Waals surface area (Å²) in [5, 5.41) is 8.81. The zero-order valence-corrected chi connectivity index (χ0v) is 16.0. The second-order valence-corrected chi connectivity index (χ2v) is 7.35. The minimum absolute atomic E-state index is 0.0731. The number of hydrogen-bond acceptors (Lipinski definition) is 5. The molecule has 7 heteroatoms. The van der Waals surface area contributed by atoms with E-state index < -0.39 is 0 Å². The van der Waals surface area contributed by atoms with E-state index in [-0.39, 0.29) is 11.6 Å². The summed E-state index contributed by atoms with van der Waals surface area (Å²) in [7, 11) is 0. The zero-order chi connectivity index (χ0) is 19.5. The molecule has 0 unspecified atom stereocenters. The molecule has 0 bridgehead atoms. The Balaban J connectivity index is 1.51. The molecule has 0 saturated heterocycles. The maximum atomic E-state index is 13.1. The van der Waals surface area contributed by atoms with Crippen molar-refractivity contribution in [1.29, 1.82) is 0 Å². The lowest BCUT2D eigenvalue weighted by Crippen LogP contribution is -2.00. The van der Waals surface area contributed by atoms with Gasteiger partial charge in [-0.25, -0.2) is 9.37 Å². The van der Waals surface area contributed by atoms with Crippen LogP contribution in [0, 0.1) is 12.7 Å². The van der Waals surface area contributed by atoms with Crippen LogP contribution in [-0.2, 0) is 6.42 Å². The van der Waals surface area contributed by atoms with Crippen molar-refractivity contribution in [3.05, 3.63) is 82.7 Å². The number of carbonyl (C=O) groups excluding carboxylic acids is 1. The van der Waals surface area contributed by atoms with Crippen molar-refractivity contribution in [2.75, 3.05) is 0 Å². The van der Waals surface area contributed by atoms with Crippen LogP contribution < -0.4 is 0 Å². The topological polar surface area (TPSA) is 60.7 Å². The molecular formula is C21H17FN4OS. The molecule has 0 N–H and O–H groups in total. The third kappa shape index (κ3) is 3.89. The van der Waals surface area contributed by atoms with E-state index in [2.05, 4.69) is 15.3 Å². The van der Waals surface area contributed by atoms with Crippen LogP contribution in [-0.4, -0.2) is 25.8 Å². The van der Waals surface area contributed by atoms with Gasteiger partial charge in [-0.3, -0.25) is 4.79 Å². The van der Waals surface area contributed by atoms with Gasteiger partial charge in [-0.1, -0.05) is 46.9 Å². The number of halogens is 1. The van der Waals surface area contributed by atoms with Crippen LogP contribution in [0.5, 0.6) is 0 Å². The molecule has 140 valence electrons.